The summed E-state index contributed by atoms with van der Waals surface area (Å²) in [6.07, 6.45) is 1.85. The molecular formula is C23H24N2O4. The lowest BCUT2D eigenvalue weighted by Gasteiger charge is -2.15. The topological polar surface area (TPSA) is 64.8 Å². The Labute approximate surface area is 170 Å². The van der Waals surface area contributed by atoms with Crippen LogP contribution in [0.4, 0.5) is 0 Å². The summed E-state index contributed by atoms with van der Waals surface area (Å²) in [5.41, 5.74) is 2.44. The summed E-state index contributed by atoms with van der Waals surface area (Å²) in [5, 5.41) is 3.99. The smallest absolute Gasteiger partial charge is 0.276 e. The van der Waals surface area contributed by atoms with Crippen molar-refractivity contribution in [2.45, 2.75) is 12.8 Å². The van der Waals surface area contributed by atoms with Crippen LogP contribution in [-0.2, 0) is 6.42 Å². The minimum absolute atomic E-state index is 0.0780. The van der Waals surface area contributed by atoms with Gasteiger partial charge in [-0.25, -0.2) is 0 Å². The first-order chi connectivity index (χ1) is 14.2. The fourth-order valence-electron chi connectivity index (χ4n) is 3.80. The Kier molecular flexibility index (Phi) is 5.51. The van der Waals surface area contributed by atoms with Gasteiger partial charge in [0.2, 0.25) is 0 Å². The highest BCUT2D eigenvalue weighted by Gasteiger charge is 2.29. The molecule has 0 saturated carbocycles. The lowest BCUT2D eigenvalue weighted by Crippen LogP contribution is -2.29. The largest absolute Gasteiger partial charge is 0.493 e. The van der Waals surface area contributed by atoms with Gasteiger partial charge in [-0.3, -0.25) is 4.79 Å². The maximum Gasteiger partial charge on any atom is 0.276 e. The molecule has 1 amide bonds. The molecule has 2 aromatic carbocycles. The van der Waals surface area contributed by atoms with Gasteiger partial charge in [-0.05, 0) is 36.5 Å². The first-order valence-corrected chi connectivity index (χ1v) is 9.70. The summed E-state index contributed by atoms with van der Waals surface area (Å²) < 4.78 is 16.1. The predicted molar refractivity (Wildman–Crippen MR) is 109 cm³/mol. The Hall–Kier alpha value is -3.28. The van der Waals surface area contributed by atoms with E-state index in [9.17, 15) is 4.79 Å². The zero-order valence-corrected chi connectivity index (χ0v) is 16.6. The van der Waals surface area contributed by atoms with E-state index in [1.54, 1.807) is 20.3 Å². The summed E-state index contributed by atoms with van der Waals surface area (Å²) in [6.45, 7) is 1.44. The maximum atomic E-state index is 12.8. The second-order valence-electron chi connectivity index (χ2n) is 7.24. The zero-order chi connectivity index (χ0) is 20.2. The van der Waals surface area contributed by atoms with Gasteiger partial charge >= 0.3 is 0 Å². The molecule has 0 aliphatic carbocycles. The number of nitrogens with zero attached hydrogens (tertiary/aromatic N) is 2. The summed E-state index contributed by atoms with van der Waals surface area (Å²) in [7, 11) is 3.27. The molecule has 4 rings (SSSR count). The third kappa shape index (κ3) is 4.11. The van der Waals surface area contributed by atoms with E-state index in [1.807, 2.05) is 47.4 Å². The molecule has 2 heterocycles. The van der Waals surface area contributed by atoms with Crippen LogP contribution in [0.5, 0.6) is 11.5 Å². The average molecular weight is 392 g/mol. The van der Waals surface area contributed by atoms with E-state index in [0.29, 0.717) is 23.9 Å². The predicted octanol–water partition coefficient (Wildman–Crippen LogP) is 4.06. The molecule has 1 unspecified atom stereocenters. The van der Waals surface area contributed by atoms with E-state index in [-0.39, 0.29) is 5.91 Å². The van der Waals surface area contributed by atoms with E-state index in [1.165, 1.54) is 5.56 Å². The Balaban J connectivity index is 1.40. The van der Waals surface area contributed by atoms with Crippen LogP contribution < -0.4 is 9.47 Å². The fourth-order valence-corrected chi connectivity index (χ4v) is 3.80. The van der Waals surface area contributed by atoms with Crippen LogP contribution in [0.15, 0.2) is 59.1 Å². The van der Waals surface area contributed by atoms with Crippen LogP contribution in [0.25, 0.3) is 11.3 Å². The van der Waals surface area contributed by atoms with Crippen molar-refractivity contribution in [1.82, 2.24) is 10.1 Å². The van der Waals surface area contributed by atoms with Gasteiger partial charge in [-0.1, -0.05) is 41.6 Å². The molecule has 1 atom stereocenters. The number of methoxy groups -OCH3 is 2. The molecule has 1 aromatic heterocycles. The van der Waals surface area contributed by atoms with Gasteiger partial charge in [0, 0.05) is 24.7 Å². The third-order valence-electron chi connectivity index (χ3n) is 5.33. The summed E-state index contributed by atoms with van der Waals surface area (Å²) in [4.78, 5) is 14.7. The SMILES string of the molecule is COc1ccc(CC2CCN(C(=O)c3cc(-c4ccccc4)on3)C2)cc1OC. The Morgan fingerprint density at radius 3 is 2.66 bits per heavy atom. The summed E-state index contributed by atoms with van der Waals surface area (Å²) in [6, 6.07) is 17.4. The molecule has 6 nitrogen and oxygen atoms in total. The lowest BCUT2D eigenvalue weighted by molar-refractivity contribution is 0.0777. The molecule has 1 saturated heterocycles. The van der Waals surface area contributed by atoms with Gasteiger partial charge in [0.1, 0.15) is 0 Å². The van der Waals surface area contributed by atoms with Gasteiger partial charge in [0.05, 0.1) is 14.2 Å². The molecule has 150 valence electrons. The third-order valence-corrected chi connectivity index (χ3v) is 5.33. The lowest BCUT2D eigenvalue weighted by atomic mass is 9.98. The number of benzene rings is 2. The first kappa shape index (κ1) is 19.1. The van der Waals surface area contributed by atoms with Crippen LogP contribution >= 0.6 is 0 Å². The molecular weight excluding hydrogens is 368 g/mol. The number of carbonyl (C=O) groups is 1. The summed E-state index contributed by atoms with van der Waals surface area (Å²) >= 11 is 0. The number of hydrogen-bond donors (Lipinski definition) is 0. The van der Waals surface area contributed by atoms with Crippen molar-refractivity contribution in [2.24, 2.45) is 5.92 Å². The minimum atomic E-state index is -0.0780. The second kappa shape index (κ2) is 8.39. The van der Waals surface area contributed by atoms with Gasteiger partial charge in [0.25, 0.3) is 5.91 Å². The highest BCUT2D eigenvalue weighted by Crippen LogP contribution is 2.30. The van der Waals surface area contributed by atoms with Gasteiger partial charge in [-0.15, -0.1) is 0 Å². The van der Waals surface area contributed by atoms with Crippen LogP contribution in [0, 0.1) is 5.92 Å². The number of amides is 1. The van der Waals surface area contributed by atoms with Crippen molar-refractivity contribution >= 4 is 5.91 Å². The minimum Gasteiger partial charge on any atom is -0.493 e. The number of carbonyl (C=O) groups excluding carboxylic acids is 1. The number of aromatic nitrogens is 1. The van der Waals surface area contributed by atoms with E-state index in [4.69, 9.17) is 14.0 Å². The second-order valence-corrected chi connectivity index (χ2v) is 7.24. The molecule has 1 aliphatic heterocycles. The van der Waals surface area contributed by atoms with Gasteiger partial charge < -0.3 is 18.9 Å². The fraction of sp³-hybridized carbons (Fsp3) is 0.304. The van der Waals surface area contributed by atoms with Crippen molar-refractivity contribution in [2.75, 3.05) is 27.3 Å². The standard InChI is InChI=1S/C23H24N2O4/c1-27-20-9-8-16(13-22(20)28-2)12-17-10-11-25(15-17)23(26)19-14-21(29-24-19)18-6-4-3-5-7-18/h3-9,13-14,17H,10-12,15H2,1-2H3. The van der Waals surface area contributed by atoms with Crippen LogP contribution in [0.2, 0.25) is 0 Å². The zero-order valence-electron chi connectivity index (χ0n) is 16.6. The van der Waals surface area contributed by atoms with E-state index >= 15 is 0 Å². The van der Waals surface area contributed by atoms with Crippen molar-refractivity contribution in [3.05, 3.63) is 65.9 Å². The molecule has 0 N–H and O–H groups in total. The molecule has 0 radical (unpaired) electrons. The van der Waals surface area contributed by atoms with E-state index in [2.05, 4.69) is 11.2 Å². The van der Waals surface area contributed by atoms with Crippen LogP contribution in [-0.4, -0.2) is 43.3 Å². The molecule has 0 bridgehead atoms. The van der Waals surface area contributed by atoms with Crippen molar-refractivity contribution in [3.63, 3.8) is 0 Å². The molecule has 29 heavy (non-hydrogen) atoms. The molecule has 1 aliphatic rings. The molecule has 0 spiro atoms. The normalized spacial score (nSPS) is 16.1. The van der Waals surface area contributed by atoms with E-state index in [0.717, 1.165) is 36.4 Å². The number of rotatable bonds is 6. The Bertz CT molecular complexity index is 984. The summed E-state index contributed by atoms with van der Waals surface area (Å²) in [5.74, 6) is 2.38. The highest BCUT2D eigenvalue weighted by molar-refractivity contribution is 5.93. The van der Waals surface area contributed by atoms with Crippen LogP contribution in [0.3, 0.4) is 0 Å². The highest BCUT2D eigenvalue weighted by atomic mass is 16.5. The van der Waals surface area contributed by atoms with Crippen molar-refractivity contribution in [3.8, 4) is 22.8 Å². The monoisotopic (exact) mass is 392 g/mol. The number of ether oxygens (including phenoxy) is 2. The number of hydrogen-bond acceptors (Lipinski definition) is 5. The van der Waals surface area contributed by atoms with Crippen molar-refractivity contribution < 1.29 is 18.8 Å². The first-order valence-electron chi connectivity index (χ1n) is 9.70. The van der Waals surface area contributed by atoms with Gasteiger partial charge in [0.15, 0.2) is 23.0 Å². The molecule has 3 aromatic rings. The Morgan fingerprint density at radius 2 is 1.90 bits per heavy atom. The van der Waals surface area contributed by atoms with Crippen LogP contribution in [0.1, 0.15) is 22.5 Å². The molecule has 1 fully saturated rings. The van der Waals surface area contributed by atoms with Crippen molar-refractivity contribution in [1.29, 1.82) is 0 Å². The molecule has 6 heteroatoms. The Morgan fingerprint density at radius 1 is 1.10 bits per heavy atom. The number of likely N-dealkylation sites (tertiary alicyclic amines) is 1. The quantitative estimate of drug-likeness (QED) is 0.633. The maximum absolute atomic E-state index is 12.8. The average Bonchev–Trinajstić information content (AvgIpc) is 3.44. The van der Waals surface area contributed by atoms with Gasteiger partial charge in [-0.2, -0.15) is 0 Å². The van der Waals surface area contributed by atoms with E-state index < -0.39 is 0 Å².